The molecule has 108 valence electrons. The van der Waals surface area contributed by atoms with Crippen LogP contribution in [0.1, 0.15) is 31.2 Å². The average Bonchev–Trinajstić information content (AvgIpc) is 2.92. The fourth-order valence-corrected chi connectivity index (χ4v) is 2.73. The van der Waals surface area contributed by atoms with E-state index in [1.807, 2.05) is 18.2 Å². The van der Waals surface area contributed by atoms with Crippen molar-refractivity contribution in [2.75, 3.05) is 13.2 Å². The summed E-state index contributed by atoms with van der Waals surface area (Å²) < 4.78 is 11.0. The van der Waals surface area contributed by atoms with E-state index in [-0.39, 0.29) is 5.91 Å². The first-order chi connectivity index (χ1) is 9.67. The lowest BCUT2D eigenvalue weighted by Crippen LogP contribution is -2.44. The van der Waals surface area contributed by atoms with E-state index in [2.05, 4.69) is 5.32 Å². The first-order valence-electron chi connectivity index (χ1n) is 7.07. The maximum atomic E-state index is 12.0. The Labute approximate surface area is 117 Å². The van der Waals surface area contributed by atoms with Gasteiger partial charge in [0.1, 0.15) is 18.8 Å². The van der Waals surface area contributed by atoms with E-state index in [9.17, 15) is 9.90 Å². The lowest BCUT2D eigenvalue weighted by Gasteiger charge is -2.22. The van der Waals surface area contributed by atoms with Crippen molar-refractivity contribution in [3.05, 3.63) is 23.8 Å². The quantitative estimate of drug-likeness (QED) is 0.876. The predicted molar refractivity (Wildman–Crippen MR) is 72.7 cm³/mol. The molecule has 1 amide bonds. The maximum Gasteiger partial charge on any atom is 0.252 e. The van der Waals surface area contributed by atoms with Gasteiger partial charge in [0.25, 0.3) is 5.91 Å². The van der Waals surface area contributed by atoms with Crippen LogP contribution in [0, 0.1) is 0 Å². The van der Waals surface area contributed by atoms with Gasteiger partial charge in [-0.1, -0.05) is 6.07 Å². The molecule has 0 saturated heterocycles. The van der Waals surface area contributed by atoms with Gasteiger partial charge in [0.2, 0.25) is 0 Å². The zero-order chi connectivity index (χ0) is 14.0. The van der Waals surface area contributed by atoms with Crippen LogP contribution in [0.3, 0.4) is 0 Å². The van der Waals surface area contributed by atoms with Crippen LogP contribution in [0.25, 0.3) is 0 Å². The first-order valence-corrected chi connectivity index (χ1v) is 7.07. The van der Waals surface area contributed by atoms with Crippen LogP contribution >= 0.6 is 0 Å². The molecule has 5 heteroatoms. The van der Waals surface area contributed by atoms with Gasteiger partial charge in [-0.15, -0.1) is 0 Å². The fourth-order valence-electron chi connectivity index (χ4n) is 2.73. The second-order valence-corrected chi connectivity index (χ2v) is 5.40. The molecule has 20 heavy (non-hydrogen) atoms. The predicted octanol–water partition coefficient (Wildman–Crippen LogP) is 1.38. The number of fused-ring (bicyclic) bond motifs is 1. The number of benzene rings is 1. The van der Waals surface area contributed by atoms with Gasteiger partial charge in [0, 0.05) is 6.54 Å². The topological polar surface area (TPSA) is 67.8 Å². The molecule has 0 unspecified atom stereocenters. The van der Waals surface area contributed by atoms with Gasteiger partial charge >= 0.3 is 0 Å². The number of ether oxygens (including phenoxy) is 2. The molecule has 0 atom stereocenters. The summed E-state index contributed by atoms with van der Waals surface area (Å²) in [5.41, 5.74) is -0.238. The van der Waals surface area contributed by atoms with Crippen LogP contribution in [0.5, 0.6) is 11.5 Å². The van der Waals surface area contributed by atoms with E-state index in [0.717, 1.165) is 24.2 Å². The van der Waals surface area contributed by atoms with Crippen LogP contribution < -0.4 is 14.8 Å². The van der Waals surface area contributed by atoms with Crippen molar-refractivity contribution in [1.82, 2.24) is 5.32 Å². The molecule has 0 aromatic heterocycles. The minimum absolute atomic E-state index is 0.273. The highest BCUT2D eigenvalue weighted by molar-refractivity contribution is 5.85. The summed E-state index contributed by atoms with van der Waals surface area (Å²) in [5.74, 6) is 1.17. The summed E-state index contributed by atoms with van der Waals surface area (Å²) in [6.45, 7) is 1.50. The lowest BCUT2D eigenvalue weighted by atomic mass is 10.0. The third kappa shape index (κ3) is 2.58. The smallest absolute Gasteiger partial charge is 0.252 e. The highest BCUT2D eigenvalue weighted by Gasteiger charge is 2.38. The average molecular weight is 277 g/mol. The number of nitrogens with one attached hydrogen (secondary N) is 1. The second-order valence-electron chi connectivity index (χ2n) is 5.40. The van der Waals surface area contributed by atoms with Gasteiger partial charge in [0.15, 0.2) is 11.5 Å². The summed E-state index contributed by atoms with van der Waals surface area (Å²) in [6.07, 6.45) is 2.93. The SMILES string of the molecule is O=C(NCc1ccc2c(c1)OCCO2)C1(O)CCCC1. The van der Waals surface area contributed by atoms with Crippen LogP contribution in [0.4, 0.5) is 0 Å². The number of carbonyl (C=O) groups excluding carboxylic acids is 1. The van der Waals surface area contributed by atoms with Crippen LogP contribution in [-0.4, -0.2) is 29.8 Å². The maximum absolute atomic E-state index is 12.0. The minimum Gasteiger partial charge on any atom is -0.486 e. The van der Waals surface area contributed by atoms with Gasteiger partial charge in [-0.3, -0.25) is 4.79 Å². The minimum atomic E-state index is -1.17. The van der Waals surface area contributed by atoms with E-state index in [0.29, 0.717) is 38.3 Å². The Morgan fingerprint density at radius 3 is 2.65 bits per heavy atom. The van der Waals surface area contributed by atoms with Gasteiger partial charge in [-0.05, 0) is 43.4 Å². The molecule has 2 N–H and O–H groups in total. The van der Waals surface area contributed by atoms with E-state index in [4.69, 9.17) is 9.47 Å². The Balaban J connectivity index is 1.62. The third-order valence-corrected chi connectivity index (χ3v) is 3.91. The molecule has 1 fully saturated rings. The Bertz CT molecular complexity index is 509. The monoisotopic (exact) mass is 277 g/mol. The van der Waals surface area contributed by atoms with Crippen molar-refractivity contribution in [2.24, 2.45) is 0 Å². The van der Waals surface area contributed by atoms with Crippen molar-refractivity contribution in [1.29, 1.82) is 0 Å². The number of rotatable bonds is 3. The summed E-state index contributed by atoms with van der Waals surface area (Å²) >= 11 is 0. The van der Waals surface area contributed by atoms with E-state index < -0.39 is 5.60 Å². The summed E-state index contributed by atoms with van der Waals surface area (Å²) in [5, 5.41) is 13.0. The number of carbonyl (C=O) groups is 1. The summed E-state index contributed by atoms with van der Waals surface area (Å²) in [4.78, 5) is 12.0. The molecular weight excluding hydrogens is 258 g/mol. The molecule has 1 aliphatic heterocycles. The molecule has 3 rings (SSSR count). The van der Waals surface area contributed by atoms with Crippen molar-refractivity contribution in [3.63, 3.8) is 0 Å². The van der Waals surface area contributed by atoms with Crippen molar-refractivity contribution >= 4 is 5.91 Å². The molecule has 0 bridgehead atoms. The van der Waals surface area contributed by atoms with Gasteiger partial charge in [-0.25, -0.2) is 0 Å². The Morgan fingerprint density at radius 1 is 1.20 bits per heavy atom. The van der Waals surface area contributed by atoms with Crippen LogP contribution in [0.15, 0.2) is 18.2 Å². The van der Waals surface area contributed by atoms with Crippen LogP contribution in [0.2, 0.25) is 0 Å². The largest absolute Gasteiger partial charge is 0.486 e. The van der Waals surface area contributed by atoms with Crippen molar-refractivity contribution < 1.29 is 19.4 Å². The Kier molecular flexibility index (Phi) is 3.53. The highest BCUT2D eigenvalue weighted by atomic mass is 16.6. The van der Waals surface area contributed by atoms with E-state index in [1.54, 1.807) is 0 Å². The first kappa shape index (κ1) is 13.2. The molecular formula is C15H19NO4. The molecule has 1 aromatic carbocycles. The van der Waals surface area contributed by atoms with Gasteiger partial charge in [-0.2, -0.15) is 0 Å². The zero-order valence-electron chi connectivity index (χ0n) is 11.4. The molecule has 1 aliphatic carbocycles. The summed E-state index contributed by atoms with van der Waals surface area (Å²) in [6, 6.07) is 5.61. The zero-order valence-corrected chi connectivity index (χ0v) is 11.4. The van der Waals surface area contributed by atoms with E-state index >= 15 is 0 Å². The van der Waals surface area contributed by atoms with Crippen molar-refractivity contribution in [2.45, 2.75) is 37.8 Å². The standard InChI is InChI=1S/C15H19NO4/c17-14(15(18)5-1-2-6-15)16-10-11-3-4-12-13(9-11)20-8-7-19-12/h3-4,9,18H,1-2,5-8,10H2,(H,16,17). The molecule has 0 radical (unpaired) electrons. The Morgan fingerprint density at radius 2 is 1.90 bits per heavy atom. The normalized spacial score (nSPS) is 19.6. The molecule has 1 heterocycles. The lowest BCUT2D eigenvalue weighted by molar-refractivity contribution is -0.139. The number of hydrogen-bond donors (Lipinski definition) is 2. The third-order valence-electron chi connectivity index (χ3n) is 3.91. The fraction of sp³-hybridized carbons (Fsp3) is 0.533. The van der Waals surface area contributed by atoms with Crippen molar-refractivity contribution in [3.8, 4) is 11.5 Å². The number of amides is 1. The summed E-state index contributed by atoms with van der Waals surface area (Å²) in [7, 11) is 0. The van der Waals surface area contributed by atoms with Gasteiger partial charge < -0.3 is 19.9 Å². The van der Waals surface area contributed by atoms with E-state index in [1.165, 1.54) is 0 Å². The molecule has 0 spiro atoms. The molecule has 1 saturated carbocycles. The highest BCUT2D eigenvalue weighted by Crippen LogP contribution is 2.31. The number of hydrogen-bond acceptors (Lipinski definition) is 4. The molecule has 5 nitrogen and oxygen atoms in total. The molecule has 2 aliphatic rings. The second kappa shape index (κ2) is 5.32. The van der Waals surface area contributed by atoms with Gasteiger partial charge in [0.05, 0.1) is 0 Å². The Hall–Kier alpha value is -1.75. The molecule has 1 aromatic rings. The number of aliphatic hydroxyl groups is 1. The van der Waals surface area contributed by atoms with Crippen LogP contribution in [-0.2, 0) is 11.3 Å².